The van der Waals surface area contributed by atoms with Gasteiger partial charge in [0.15, 0.2) is 0 Å². The van der Waals surface area contributed by atoms with Crippen LogP contribution in [0.2, 0.25) is 0 Å². The Balaban J connectivity index is 0.000000215. The summed E-state index contributed by atoms with van der Waals surface area (Å²) < 4.78 is 28.7. The molecule has 1 heterocycles. The van der Waals surface area contributed by atoms with Crippen LogP contribution in [0, 0.1) is 0 Å². The maximum Gasteiger partial charge on any atom is 0.128 e. The SMILES string of the molecule is CCCN1CCN(Cc2cccc(SN(Cc3ccccc3)Cc3ccccc3)c2)CC1.COCCN(CCOC)Cc1cccc(S(=O)N(Cc2ccccc2)Cc2ccccc2)c1. The van der Waals surface area contributed by atoms with Gasteiger partial charge >= 0.3 is 0 Å². The topological polar surface area (TPSA) is 51.7 Å². The minimum absolute atomic E-state index is 0.611. The Morgan fingerprint density at radius 3 is 1.49 bits per heavy atom. The second-order valence-corrected chi connectivity index (χ2v) is 19.2. The summed E-state index contributed by atoms with van der Waals surface area (Å²) in [7, 11) is 2.14. The molecule has 6 aromatic carbocycles. The highest BCUT2D eigenvalue weighted by atomic mass is 32.2. The fourth-order valence-corrected chi connectivity index (χ4v) is 10.3. The molecule has 0 saturated carbocycles. The Morgan fingerprint density at radius 1 is 0.523 bits per heavy atom. The van der Waals surface area contributed by atoms with Crippen molar-refractivity contribution in [1.29, 1.82) is 0 Å². The van der Waals surface area contributed by atoms with Crippen molar-refractivity contribution in [2.24, 2.45) is 0 Å². The zero-order valence-corrected chi connectivity index (χ0v) is 40.4. The number of rotatable bonds is 24. The quantitative estimate of drug-likeness (QED) is 0.0557. The molecule has 7 rings (SSSR count). The van der Waals surface area contributed by atoms with Crippen molar-refractivity contribution in [2.45, 2.75) is 62.4 Å². The van der Waals surface area contributed by atoms with Crippen molar-refractivity contribution < 1.29 is 13.7 Å². The Morgan fingerprint density at radius 2 is 0.985 bits per heavy atom. The van der Waals surface area contributed by atoms with Gasteiger partial charge in [0, 0.05) is 97.7 Å². The lowest BCUT2D eigenvalue weighted by Crippen LogP contribution is -2.45. The highest BCUT2D eigenvalue weighted by Gasteiger charge is 2.19. The van der Waals surface area contributed by atoms with Crippen molar-refractivity contribution in [3.63, 3.8) is 0 Å². The molecule has 0 radical (unpaired) electrons. The number of hydrogen-bond acceptors (Lipinski definition) is 8. The van der Waals surface area contributed by atoms with Crippen LogP contribution < -0.4 is 0 Å². The average Bonchev–Trinajstić information content (AvgIpc) is 3.34. The first-order valence-electron chi connectivity index (χ1n) is 23.1. The van der Waals surface area contributed by atoms with Gasteiger partial charge in [0.05, 0.1) is 18.1 Å². The molecule has 0 bridgehead atoms. The van der Waals surface area contributed by atoms with E-state index in [4.69, 9.17) is 9.47 Å². The summed E-state index contributed by atoms with van der Waals surface area (Å²) in [5.74, 6) is 0. The largest absolute Gasteiger partial charge is 0.383 e. The lowest BCUT2D eigenvalue weighted by Gasteiger charge is -2.34. The van der Waals surface area contributed by atoms with Gasteiger partial charge in [-0.3, -0.25) is 9.80 Å². The lowest BCUT2D eigenvalue weighted by molar-refractivity contribution is 0.110. The normalized spacial score (nSPS) is 13.8. The van der Waals surface area contributed by atoms with Crippen LogP contribution in [0.1, 0.15) is 46.7 Å². The van der Waals surface area contributed by atoms with Gasteiger partial charge in [-0.15, -0.1) is 0 Å². The maximum atomic E-state index is 13.7. The first-order chi connectivity index (χ1) is 32.0. The van der Waals surface area contributed by atoms with Gasteiger partial charge in [0.25, 0.3) is 0 Å². The third kappa shape index (κ3) is 18.0. The molecular weight excluding hydrogens is 843 g/mol. The predicted octanol–water partition coefficient (Wildman–Crippen LogP) is 10.4. The Hall–Kier alpha value is -4.46. The molecule has 1 atom stereocenters. The number of hydrogen-bond donors (Lipinski definition) is 0. The predicted molar refractivity (Wildman–Crippen MR) is 270 cm³/mol. The molecule has 1 fully saturated rings. The van der Waals surface area contributed by atoms with Crippen LogP contribution in [0.5, 0.6) is 0 Å². The summed E-state index contributed by atoms with van der Waals surface area (Å²) in [6.07, 6.45) is 1.25. The molecule has 8 nitrogen and oxygen atoms in total. The molecule has 1 aliphatic rings. The highest BCUT2D eigenvalue weighted by molar-refractivity contribution is 7.97. The Kier molecular flexibility index (Phi) is 21.9. The van der Waals surface area contributed by atoms with E-state index in [0.717, 1.165) is 60.9 Å². The highest BCUT2D eigenvalue weighted by Crippen LogP contribution is 2.28. The molecule has 6 aromatic rings. The second-order valence-electron chi connectivity index (χ2n) is 16.6. The number of nitrogens with zero attached hydrogens (tertiary/aromatic N) is 5. The van der Waals surface area contributed by atoms with Crippen LogP contribution in [0.15, 0.2) is 180 Å². The van der Waals surface area contributed by atoms with Crippen LogP contribution in [0.4, 0.5) is 0 Å². The maximum absolute atomic E-state index is 13.7. The summed E-state index contributed by atoms with van der Waals surface area (Å²) >= 11 is 1.87. The van der Waals surface area contributed by atoms with Crippen molar-refractivity contribution >= 4 is 22.9 Å². The molecule has 0 aliphatic carbocycles. The molecule has 0 N–H and O–H groups in total. The average molecular weight is 912 g/mol. The molecule has 10 heteroatoms. The van der Waals surface area contributed by atoms with Crippen molar-refractivity contribution in [3.05, 3.63) is 203 Å². The summed E-state index contributed by atoms with van der Waals surface area (Å²) in [6, 6.07) is 59.2. The first kappa shape index (κ1) is 50.0. The van der Waals surface area contributed by atoms with Crippen LogP contribution in [-0.2, 0) is 59.7 Å². The Bertz CT molecular complexity index is 2120. The molecule has 1 aliphatic heterocycles. The number of benzene rings is 6. The van der Waals surface area contributed by atoms with Gasteiger partial charge in [0.1, 0.15) is 11.0 Å². The third-order valence-electron chi connectivity index (χ3n) is 11.3. The standard InChI is InChI=1S/C28H35N3S.C27H34N2O3S/c1-2-16-29-17-19-30(20-18-29)22-27-14-9-15-28(21-27)32-31(23-25-10-5-3-6-11-25)24-26-12-7-4-8-13-26;1-31-18-16-28(17-19-32-2)21-26-14-9-15-27(20-26)33(30)29(22-24-10-5-3-6-11-24)23-25-12-7-4-8-13-25/h3-15,21H,2,16-20,22-24H2,1H3;3-15,20H,16-19,21-23H2,1-2H3. The molecule has 0 spiro atoms. The van der Waals surface area contributed by atoms with E-state index in [2.05, 4.69) is 147 Å². The van der Waals surface area contributed by atoms with Crippen LogP contribution in [0.3, 0.4) is 0 Å². The zero-order valence-electron chi connectivity index (χ0n) is 38.8. The van der Waals surface area contributed by atoms with E-state index in [1.807, 2.05) is 64.8 Å². The molecule has 0 amide bonds. The fourth-order valence-electron chi connectivity index (χ4n) is 7.91. The summed E-state index contributed by atoms with van der Waals surface area (Å²) in [4.78, 5) is 9.62. The van der Waals surface area contributed by atoms with E-state index in [9.17, 15) is 4.21 Å². The number of methoxy groups -OCH3 is 2. The summed E-state index contributed by atoms with van der Waals surface area (Å²) in [5, 5.41) is 0. The van der Waals surface area contributed by atoms with Crippen LogP contribution in [-0.4, -0.2) is 101 Å². The van der Waals surface area contributed by atoms with E-state index in [0.29, 0.717) is 26.3 Å². The van der Waals surface area contributed by atoms with E-state index < -0.39 is 11.0 Å². The fraction of sp³-hybridized carbons (Fsp3) is 0.345. The van der Waals surface area contributed by atoms with Gasteiger partial charge in [-0.05, 0) is 82.6 Å². The molecule has 1 unspecified atom stereocenters. The molecule has 344 valence electrons. The van der Waals surface area contributed by atoms with E-state index in [1.165, 1.54) is 60.7 Å². The first-order valence-corrected chi connectivity index (χ1v) is 24.9. The van der Waals surface area contributed by atoms with Gasteiger partial charge in [-0.2, -0.15) is 0 Å². The second kappa shape index (κ2) is 28.5. The van der Waals surface area contributed by atoms with Gasteiger partial charge in [-0.25, -0.2) is 12.8 Å². The molecule has 1 saturated heterocycles. The van der Waals surface area contributed by atoms with Crippen molar-refractivity contribution in [3.8, 4) is 0 Å². The molecule has 0 aromatic heterocycles. The minimum Gasteiger partial charge on any atom is -0.383 e. The molecule has 65 heavy (non-hydrogen) atoms. The summed E-state index contributed by atoms with van der Waals surface area (Å²) in [5.41, 5.74) is 7.52. The minimum atomic E-state index is -1.29. The zero-order chi connectivity index (χ0) is 45.3. The van der Waals surface area contributed by atoms with Gasteiger partial charge < -0.3 is 14.4 Å². The van der Waals surface area contributed by atoms with Crippen LogP contribution >= 0.6 is 11.9 Å². The smallest absolute Gasteiger partial charge is 0.128 e. The van der Waals surface area contributed by atoms with Crippen molar-refractivity contribution in [1.82, 2.24) is 23.3 Å². The van der Waals surface area contributed by atoms with Gasteiger partial charge in [-0.1, -0.05) is 153 Å². The van der Waals surface area contributed by atoms with E-state index in [1.54, 1.807) is 14.2 Å². The van der Waals surface area contributed by atoms with E-state index >= 15 is 0 Å². The number of piperazine rings is 1. The van der Waals surface area contributed by atoms with Crippen LogP contribution in [0.25, 0.3) is 0 Å². The number of ether oxygens (including phenoxy) is 2. The monoisotopic (exact) mass is 911 g/mol. The molecular formula is C55H69N5O3S2. The van der Waals surface area contributed by atoms with E-state index in [-0.39, 0.29) is 0 Å². The lowest BCUT2D eigenvalue weighted by atomic mass is 10.2. The third-order valence-corrected chi connectivity index (χ3v) is 13.7. The summed E-state index contributed by atoms with van der Waals surface area (Å²) in [6.45, 7) is 16.1. The van der Waals surface area contributed by atoms with Gasteiger partial charge in [0.2, 0.25) is 0 Å². The Labute approximate surface area is 396 Å². The van der Waals surface area contributed by atoms with Crippen molar-refractivity contribution in [2.75, 3.05) is 73.2 Å².